The molecular formula is C22H24F3N3O4S. The summed E-state index contributed by atoms with van der Waals surface area (Å²) in [6, 6.07) is 10.2. The summed E-state index contributed by atoms with van der Waals surface area (Å²) in [6.07, 6.45) is -4.18. The Morgan fingerprint density at radius 3 is 2.36 bits per heavy atom. The van der Waals surface area contributed by atoms with Gasteiger partial charge in [-0.2, -0.15) is 0 Å². The molecule has 2 N–H and O–H groups in total. The van der Waals surface area contributed by atoms with Crippen molar-refractivity contribution in [3.63, 3.8) is 0 Å². The highest BCUT2D eigenvalue weighted by Gasteiger charge is 2.34. The van der Waals surface area contributed by atoms with Crippen LogP contribution in [0.25, 0.3) is 0 Å². The molecule has 1 aliphatic rings. The van der Waals surface area contributed by atoms with E-state index in [1.807, 2.05) is 13.8 Å². The average molecular weight is 484 g/mol. The summed E-state index contributed by atoms with van der Waals surface area (Å²) < 4.78 is 68.0. The van der Waals surface area contributed by atoms with E-state index in [0.29, 0.717) is 17.5 Å². The summed E-state index contributed by atoms with van der Waals surface area (Å²) in [5.74, 6) is -0.888. The third-order valence-corrected chi connectivity index (χ3v) is 6.75. The first-order chi connectivity index (χ1) is 15.4. The lowest BCUT2D eigenvalue weighted by Crippen LogP contribution is -2.40. The van der Waals surface area contributed by atoms with Gasteiger partial charge < -0.3 is 10.1 Å². The predicted molar refractivity (Wildman–Crippen MR) is 116 cm³/mol. The first kappa shape index (κ1) is 24.6. The monoisotopic (exact) mass is 483 g/mol. The fourth-order valence-corrected chi connectivity index (χ4v) is 4.62. The number of carbonyl (C=O) groups excluding carboxylic acids is 1. The molecule has 0 saturated carbocycles. The van der Waals surface area contributed by atoms with Crippen LogP contribution in [0.4, 0.5) is 13.2 Å². The smallest absolute Gasteiger partial charge is 0.406 e. The molecule has 0 aromatic heterocycles. The number of sulfonamides is 1. The lowest BCUT2D eigenvalue weighted by Gasteiger charge is -2.22. The zero-order chi connectivity index (χ0) is 24.4. The average Bonchev–Trinajstić information content (AvgIpc) is 3.01. The van der Waals surface area contributed by atoms with Crippen LogP contribution in [0.5, 0.6) is 5.75 Å². The second-order valence-electron chi connectivity index (χ2n) is 7.76. The highest BCUT2D eigenvalue weighted by molar-refractivity contribution is 7.90. The molecule has 2 aromatic carbocycles. The van der Waals surface area contributed by atoms with Gasteiger partial charge in [-0.3, -0.25) is 14.5 Å². The summed E-state index contributed by atoms with van der Waals surface area (Å²) in [4.78, 5) is 17.6. The molecule has 3 rings (SSSR count). The number of benzene rings is 2. The summed E-state index contributed by atoms with van der Waals surface area (Å²) in [5, 5.41) is 2.81. The van der Waals surface area contributed by atoms with Crippen molar-refractivity contribution in [2.45, 2.75) is 50.5 Å². The van der Waals surface area contributed by atoms with Gasteiger partial charge in [-0.25, -0.2) is 8.42 Å². The number of carbonyl (C=O) groups is 1. The van der Waals surface area contributed by atoms with Crippen molar-refractivity contribution in [1.82, 2.24) is 10.0 Å². The Morgan fingerprint density at radius 2 is 1.76 bits per heavy atom. The minimum Gasteiger partial charge on any atom is -0.406 e. The molecule has 11 heteroatoms. The highest BCUT2D eigenvalue weighted by atomic mass is 32.2. The highest BCUT2D eigenvalue weighted by Crippen LogP contribution is 2.26. The molecule has 0 spiro atoms. The second kappa shape index (κ2) is 9.42. The molecule has 1 amide bonds. The van der Waals surface area contributed by atoms with Gasteiger partial charge in [-0.05, 0) is 42.7 Å². The molecule has 1 aliphatic heterocycles. The topological polar surface area (TPSA) is 96.9 Å². The first-order valence-electron chi connectivity index (χ1n) is 10.3. The van der Waals surface area contributed by atoms with Crippen LogP contribution in [0.15, 0.2) is 58.4 Å². The number of nitrogens with one attached hydrogen (secondary N) is 2. The van der Waals surface area contributed by atoms with Crippen LogP contribution in [0.1, 0.15) is 44.4 Å². The van der Waals surface area contributed by atoms with Gasteiger partial charge in [0.2, 0.25) is 5.91 Å². The minimum absolute atomic E-state index is 0.0987. The standard InChI is InChI=1S/C22H24F3N3O4S/c1-4-13(2)19(27-20-17-7-5-6-8-18(17)33(30,31)28-20)21(29)26-14(3)15-9-11-16(12-10-15)32-22(23,24)25/h5-14,19H,4H2,1-3H3,(H,26,29)(H,27,28)/t13-,14?,19-/m0/s1. The second-order valence-corrected chi connectivity index (χ2v) is 9.41. The number of hydrogen-bond acceptors (Lipinski definition) is 5. The zero-order valence-electron chi connectivity index (χ0n) is 18.2. The van der Waals surface area contributed by atoms with Crippen LogP contribution in [0.2, 0.25) is 0 Å². The van der Waals surface area contributed by atoms with Crippen molar-refractivity contribution >= 4 is 21.8 Å². The number of amidine groups is 1. The van der Waals surface area contributed by atoms with Gasteiger partial charge in [0.15, 0.2) is 0 Å². The molecular weight excluding hydrogens is 459 g/mol. The Bertz CT molecular complexity index is 1150. The molecule has 3 atom stereocenters. The van der Waals surface area contributed by atoms with Gasteiger partial charge in [-0.15, -0.1) is 13.2 Å². The first-order valence-corrected chi connectivity index (χ1v) is 11.8. The number of halogens is 3. The molecule has 1 unspecified atom stereocenters. The van der Waals surface area contributed by atoms with Crippen LogP contribution >= 0.6 is 0 Å². The molecule has 178 valence electrons. The Kier molecular flexibility index (Phi) is 7.01. The van der Waals surface area contributed by atoms with Crippen molar-refractivity contribution in [3.8, 4) is 5.75 Å². The molecule has 0 fully saturated rings. The molecule has 0 aliphatic carbocycles. The normalized spacial score (nSPS) is 18.7. The number of amides is 1. The lowest BCUT2D eigenvalue weighted by molar-refractivity contribution is -0.274. The predicted octanol–water partition coefficient (Wildman–Crippen LogP) is 3.92. The van der Waals surface area contributed by atoms with Crippen molar-refractivity contribution in [1.29, 1.82) is 0 Å². The van der Waals surface area contributed by atoms with Gasteiger partial charge in [0.05, 0.1) is 10.9 Å². The lowest BCUT2D eigenvalue weighted by atomic mass is 9.98. The third-order valence-electron chi connectivity index (χ3n) is 5.35. The summed E-state index contributed by atoms with van der Waals surface area (Å²) >= 11 is 0. The van der Waals surface area contributed by atoms with Crippen molar-refractivity contribution in [2.75, 3.05) is 0 Å². The molecule has 0 radical (unpaired) electrons. The molecule has 0 saturated heterocycles. The minimum atomic E-state index is -4.79. The Hall–Kier alpha value is -3.08. The van der Waals surface area contributed by atoms with Gasteiger partial charge in [-0.1, -0.05) is 44.5 Å². The van der Waals surface area contributed by atoms with Crippen molar-refractivity contribution in [3.05, 3.63) is 59.7 Å². The van der Waals surface area contributed by atoms with Crippen molar-refractivity contribution in [2.24, 2.45) is 10.9 Å². The molecule has 7 nitrogen and oxygen atoms in total. The zero-order valence-corrected chi connectivity index (χ0v) is 19.0. The fraction of sp³-hybridized carbons (Fsp3) is 0.364. The van der Waals surface area contributed by atoms with E-state index in [1.165, 1.54) is 30.3 Å². The third kappa shape index (κ3) is 5.84. The van der Waals surface area contributed by atoms with Gasteiger partial charge >= 0.3 is 6.36 Å². The number of alkyl halides is 3. The Morgan fingerprint density at radius 1 is 1.12 bits per heavy atom. The SMILES string of the molecule is CC[C@H](C)[C@H](N=C1NS(=O)(=O)c2ccccc21)C(=O)NC(C)c1ccc(OC(F)(F)F)cc1. The van der Waals surface area contributed by atoms with Crippen LogP contribution < -0.4 is 14.8 Å². The summed E-state index contributed by atoms with van der Waals surface area (Å²) in [6.45, 7) is 5.41. The molecule has 0 bridgehead atoms. The molecule has 33 heavy (non-hydrogen) atoms. The Balaban J connectivity index is 1.80. The van der Waals surface area contributed by atoms with Gasteiger partial charge in [0.1, 0.15) is 17.6 Å². The van der Waals surface area contributed by atoms with E-state index in [2.05, 4.69) is 19.8 Å². The number of ether oxygens (including phenoxy) is 1. The number of aliphatic imine (C=N–C) groups is 1. The van der Waals surface area contributed by atoms with Gasteiger partial charge in [0.25, 0.3) is 10.0 Å². The van der Waals surface area contributed by atoms with Crippen LogP contribution in [-0.4, -0.2) is 32.6 Å². The van der Waals surface area contributed by atoms with Crippen LogP contribution in [0.3, 0.4) is 0 Å². The summed E-state index contributed by atoms with van der Waals surface area (Å²) in [7, 11) is -3.75. The van der Waals surface area contributed by atoms with E-state index in [9.17, 15) is 26.4 Å². The van der Waals surface area contributed by atoms with E-state index >= 15 is 0 Å². The van der Waals surface area contributed by atoms with Crippen LogP contribution in [-0.2, 0) is 14.8 Å². The quantitative estimate of drug-likeness (QED) is 0.624. The number of nitrogens with zero attached hydrogens (tertiary/aromatic N) is 1. The van der Waals surface area contributed by atoms with Gasteiger partial charge in [0, 0.05) is 5.56 Å². The Labute approximate surface area is 190 Å². The maximum absolute atomic E-state index is 13.1. The number of fused-ring (bicyclic) bond motifs is 1. The van der Waals surface area contributed by atoms with E-state index in [-0.39, 0.29) is 22.4 Å². The summed E-state index contributed by atoms with van der Waals surface area (Å²) in [5.41, 5.74) is 0.965. The van der Waals surface area contributed by atoms with Crippen molar-refractivity contribution < 1.29 is 31.1 Å². The fourth-order valence-electron chi connectivity index (χ4n) is 3.38. The van der Waals surface area contributed by atoms with E-state index in [4.69, 9.17) is 0 Å². The molecule has 2 aromatic rings. The number of hydrogen-bond donors (Lipinski definition) is 2. The maximum atomic E-state index is 13.1. The van der Waals surface area contributed by atoms with E-state index < -0.39 is 34.4 Å². The maximum Gasteiger partial charge on any atom is 0.573 e. The number of rotatable bonds is 7. The van der Waals surface area contributed by atoms with Crippen LogP contribution in [0, 0.1) is 5.92 Å². The molecule has 1 heterocycles. The largest absolute Gasteiger partial charge is 0.573 e. The van der Waals surface area contributed by atoms with E-state index in [1.54, 1.807) is 25.1 Å². The van der Waals surface area contributed by atoms with E-state index in [0.717, 1.165) is 0 Å².